The van der Waals surface area contributed by atoms with Crippen LogP contribution in [0.15, 0.2) is 39.9 Å². The summed E-state index contributed by atoms with van der Waals surface area (Å²) in [5.41, 5.74) is 0.769. The molecule has 4 rings (SSSR count). The highest BCUT2D eigenvalue weighted by Crippen LogP contribution is 2.30. The fourth-order valence-electron chi connectivity index (χ4n) is 3.07. The third-order valence-electron chi connectivity index (χ3n) is 4.42. The molecule has 1 N–H and O–H groups in total. The van der Waals surface area contributed by atoms with Crippen molar-refractivity contribution >= 4 is 65.6 Å². The van der Waals surface area contributed by atoms with E-state index >= 15 is 0 Å². The van der Waals surface area contributed by atoms with Gasteiger partial charge in [-0.2, -0.15) is 4.31 Å². The molecule has 142 valence electrons. The van der Waals surface area contributed by atoms with Gasteiger partial charge in [-0.1, -0.05) is 29.0 Å². The lowest BCUT2D eigenvalue weighted by Crippen LogP contribution is -2.43. The SMILES string of the molecule is O=C(Nc1nc2ccc(Cl)cc2s1)[C@@H]1CCCN(S(=O)(=O)c2cccs2)C1. The Hall–Kier alpha value is -1.52. The van der Waals surface area contributed by atoms with Gasteiger partial charge in [0, 0.05) is 18.1 Å². The van der Waals surface area contributed by atoms with E-state index in [0.717, 1.165) is 10.2 Å². The molecular formula is C17H16ClN3O3S3. The Morgan fingerprint density at radius 2 is 2.19 bits per heavy atom. The number of nitrogens with one attached hydrogen (secondary N) is 1. The zero-order valence-electron chi connectivity index (χ0n) is 14.1. The van der Waals surface area contributed by atoms with Crippen LogP contribution in [0.3, 0.4) is 0 Å². The van der Waals surface area contributed by atoms with E-state index in [-0.39, 0.29) is 12.5 Å². The highest BCUT2D eigenvalue weighted by Gasteiger charge is 2.34. The molecule has 0 saturated carbocycles. The molecule has 0 unspecified atom stereocenters. The molecule has 1 aliphatic heterocycles. The van der Waals surface area contributed by atoms with Crippen LogP contribution in [0.1, 0.15) is 12.8 Å². The third-order valence-corrected chi connectivity index (χ3v) is 8.83. The van der Waals surface area contributed by atoms with Gasteiger partial charge in [0.1, 0.15) is 4.21 Å². The minimum Gasteiger partial charge on any atom is -0.302 e. The molecular weight excluding hydrogens is 426 g/mol. The number of thiazole rings is 1. The summed E-state index contributed by atoms with van der Waals surface area (Å²) in [7, 11) is -3.54. The van der Waals surface area contributed by atoms with Crippen LogP contribution in [0.5, 0.6) is 0 Å². The molecule has 0 aliphatic carbocycles. The van der Waals surface area contributed by atoms with Crippen LogP contribution in [0.25, 0.3) is 10.2 Å². The number of amides is 1. The number of hydrogen-bond donors (Lipinski definition) is 1. The highest BCUT2D eigenvalue weighted by atomic mass is 35.5. The molecule has 1 saturated heterocycles. The summed E-state index contributed by atoms with van der Waals surface area (Å²) in [6.07, 6.45) is 1.30. The van der Waals surface area contributed by atoms with Gasteiger partial charge in [0.05, 0.1) is 16.1 Å². The monoisotopic (exact) mass is 441 g/mol. The zero-order valence-corrected chi connectivity index (χ0v) is 17.3. The predicted octanol–water partition coefficient (Wildman–Crippen LogP) is 4.05. The molecule has 1 atom stereocenters. The van der Waals surface area contributed by atoms with Crippen molar-refractivity contribution in [1.82, 2.24) is 9.29 Å². The van der Waals surface area contributed by atoms with Gasteiger partial charge >= 0.3 is 0 Å². The number of hydrogen-bond acceptors (Lipinski definition) is 6. The molecule has 3 heterocycles. The smallest absolute Gasteiger partial charge is 0.252 e. The molecule has 0 bridgehead atoms. The van der Waals surface area contributed by atoms with E-state index in [0.29, 0.717) is 33.7 Å². The van der Waals surface area contributed by atoms with Crippen LogP contribution < -0.4 is 5.32 Å². The van der Waals surface area contributed by atoms with E-state index in [1.807, 2.05) is 0 Å². The second-order valence-electron chi connectivity index (χ2n) is 6.25. The number of thiophene rings is 1. The number of nitrogens with zero attached hydrogens (tertiary/aromatic N) is 2. The van der Waals surface area contributed by atoms with Crippen molar-refractivity contribution in [3.8, 4) is 0 Å². The second kappa shape index (κ2) is 7.48. The Kier molecular flexibility index (Phi) is 5.21. The first-order valence-electron chi connectivity index (χ1n) is 8.34. The number of piperidine rings is 1. The summed E-state index contributed by atoms with van der Waals surface area (Å²) >= 11 is 8.53. The van der Waals surface area contributed by atoms with E-state index in [1.54, 1.807) is 35.7 Å². The van der Waals surface area contributed by atoms with Crippen molar-refractivity contribution in [2.75, 3.05) is 18.4 Å². The quantitative estimate of drug-likeness (QED) is 0.662. The summed E-state index contributed by atoms with van der Waals surface area (Å²) in [4.78, 5) is 17.1. The fourth-order valence-corrected chi connectivity index (χ4v) is 6.88. The molecule has 1 aliphatic rings. The number of anilines is 1. The summed E-state index contributed by atoms with van der Waals surface area (Å²) in [6.45, 7) is 0.618. The first kappa shape index (κ1) is 18.8. The normalized spacial score (nSPS) is 18.6. The molecule has 0 spiro atoms. The van der Waals surface area contributed by atoms with Crippen LogP contribution in [0.2, 0.25) is 5.02 Å². The van der Waals surface area contributed by atoms with Gasteiger partial charge in [0.25, 0.3) is 10.0 Å². The molecule has 0 radical (unpaired) electrons. The van der Waals surface area contributed by atoms with Crippen LogP contribution in [0.4, 0.5) is 5.13 Å². The molecule has 1 fully saturated rings. The Morgan fingerprint density at radius 1 is 1.33 bits per heavy atom. The standard InChI is InChI=1S/C17H16ClN3O3S3/c18-12-5-6-13-14(9-12)26-17(19-13)20-16(22)11-3-1-7-21(10-11)27(23,24)15-4-2-8-25-15/h2,4-6,8-9,11H,1,3,7,10H2,(H,19,20,22)/t11-/m1/s1. The first-order chi connectivity index (χ1) is 12.9. The lowest BCUT2D eigenvalue weighted by atomic mass is 9.99. The van der Waals surface area contributed by atoms with Crippen molar-refractivity contribution in [3.63, 3.8) is 0 Å². The van der Waals surface area contributed by atoms with Gasteiger partial charge in [0.2, 0.25) is 5.91 Å². The van der Waals surface area contributed by atoms with Gasteiger partial charge in [-0.25, -0.2) is 13.4 Å². The van der Waals surface area contributed by atoms with Gasteiger partial charge in [-0.3, -0.25) is 4.79 Å². The summed E-state index contributed by atoms with van der Waals surface area (Å²) in [5, 5.41) is 5.68. The third kappa shape index (κ3) is 3.88. The maximum Gasteiger partial charge on any atom is 0.252 e. The maximum absolute atomic E-state index is 12.7. The maximum atomic E-state index is 12.7. The van der Waals surface area contributed by atoms with Crippen molar-refractivity contribution in [3.05, 3.63) is 40.7 Å². The van der Waals surface area contributed by atoms with E-state index in [9.17, 15) is 13.2 Å². The van der Waals surface area contributed by atoms with Gasteiger partial charge in [-0.15, -0.1) is 11.3 Å². The molecule has 3 aromatic rings. The minimum atomic E-state index is -3.54. The number of fused-ring (bicyclic) bond motifs is 1. The van der Waals surface area contributed by atoms with Crippen molar-refractivity contribution in [1.29, 1.82) is 0 Å². The van der Waals surface area contributed by atoms with Gasteiger partial charge in [-0.05, 0) is 42.5 Å². The second-order valence-corrected chi connectivity index (χ2v) is 10.8. The van der Waals surface area contributed by atoms with Gasteiger partial charge < -0.3 is 5.32 Å². The van der Waals surface area contributed by atoms with E-state index in [4.69, 9.17) is 11.6 Å². The number of rotatable bonds is 4. The molecule has 6 nitrogen and oxygen atoms in total. The number of carbonyl (C=O) groups is 1. The lowest BCUT2D eigenvalue weighted by molar-refractivity contribution is -0.120. The van der Waals surface area contributed by atoms with E-state index in [2.05, 4.69) is 10.3 Å². The Morgan fingerprint density at radius 3 is 2.96 bits per heavy atom. The number of halogens is 1. The highest BCUT2D eigenvalue weighted by molar-refractivity contribution is 7.91. The van der Waals surface area contributed by atoms with Crippen molar-refractivity contribution < 1.29 is 13.2 Å². The number of sulfonamides is 1. The topological polar surface area (TPSA) is 79.4 Å². The largest absolute Gasteiger partial charge is 0.302 e. The van der Waals surface area contributed by atoms with Crippen LogP contribution in [-0.4, -0.2) is 36.7 Å². The van der Waals surface area contributed by atoms with Crippen LogP contribution in [0, 0.1) is 5.92 Å². The van der Waals surface area contributed by atoms with Crippen LogP contribution >= 0.6 is 34.3 Å². The van der Waals surface area contributed by atoms with Crippen LogP contribution in [-0.2, 0) is 14.8 Å². The van der Waals surface area contributed by atoms with Gasteiger partial charge in [0.15, 0.2) is 5.13 Å². The molecule has 1 aromatic carbocycles. The zero-order chi connectivity index (χ0) is 19.0. The fraction of sp³-hybridized carbons (Fsp3) is 0.294. The Bertz CT molecular complexity index is 1080. The first-order valence-corrected chi connectivity index (χ1v) is 11.9. The predicted molar refractivity (Wildman–Crippen MR) is 109 cm³/mol. The molecule has 27 heavy (non-hydrogen) atoms. The average Bonchev–Trinajstić information content (AvgIpc) is 3.31. The lowest BCUT2D eigenvalue weighted by Gasteiger charge is -2.30. The molecule has 1 amide bonds. The number of aromatic nitrogens is 1. The number of carbonyl (C=O) groups excluding carboxylic acids is 1. The summed E-state index contributed by atoms with van der Waals surface area (Å²) in [5.74, 6) is -0.602. The van der Waals surface area contributed by atoms with E-state index in [1.165, 1.54) is 27.0 Å². The molecule has 2 aromatic heterocycles. The van der Waals surface area contributed by atoms with Crippen molar-refractivity contribution in [2.24, 2.45) is 5.92 Å². The Labute approximate surface area is 169 Å². The average molecular weight is 442 g/mol. The van der Waals surface area contributed by atoms with Crippen molar-refractivity contribution in [2.45, 2.75) is 17.1 Å². The summed E-state index contributed by atoms with van der Waals surface area (Å²) in [6, 6.07) is 8.67. The van der Waals surface area contributed by atoms with E-state index < -0.39 is 15.9 Å². The molecule has 10 heteroatoms. The Balaban J connectivity index is 1.48. The number of benzene rings is 1. The minimum absolute atomic E-state index is 0.183. The summed E-state index contributed by atoms with van der Waals surface area (Å²) < 4.78 is 28.0.